The van der Waals surface area contributed by atoms with Gasteiger partial charge in [0, 0.05) is 70.2 Å². The molecule has 1 unspecified atom stereocenters. The molecule has 6 heterocycles. The van der Waals surface area contributed by atoms with E-state index in [2.05, 4.69) is 77.1 Å². The number of aliphatic hydroxyl groups is 1. The molecule has 2 aromatic carbocycles. The van der Waals surface area contributed by atoms with Crippen molar-refractivity contribution in [3.8, 4) is 5.75 Å². The number of methoxy groups -OCH3 is 3. The third-order valence-corrected chi connectivity index (χ3v) is 14.7. The van der Waals surface area contributed by atoms with Gasteiger partial charge >= 0.3 is 11.9 Å². The third kappa shape index (κ3) is 4.80. The summed E-state index contributed by atoms with van der Waals surface area (Å²) in [6.07, 6.45) is 4.97. The highest BCUT2D eigenvalue weighted by atomic mass is 16.5. The van der Waals surface area contributed by atoms with Crippen LogP contribution >= 0.6 is 0 Å². The Hall–Kier alpha value is -3.86. The van der Waals surface area contributed by atoms with Crippen molar-refractivity contribution in [3.05, 3.63) is 64.5 Å². The van der Waals surface area contributed by atoms with Crippen molar-refractivity contribution < 1.29 is 28.9 Å². The number of aliphatic hydroxyl groups excluding tert-OH is 1. The number of hydrogen-bond donors (Lipinski definition) is 3. The average Bonchev–Trinajstić information content (AvgIpc) is 3.70. The lowest BCUT2D eigenvalue weighted by Crippen LogP contribution is -2.70. The van der Waals surface area contributed by atoms with Crippen molar-refractivity contribution >= 4 is 33.7 Å². The van der Waals surface area contributed by atoms with Crippen molar-refractivity contribution in [1.29, 1.82) is 0 Å². The smallest absolute Gasteiger partial charge is 0.319 e. The number of para-hydroxylation sites is 1. The van der Waals surface area contributed by atoms with Crippen LogP contribution < -0.4 is 4.74 Å². The van der Waals surface area contributed by atoms with Crippen LogP contribution in [0.4, 0.5) is 0 Å². The van der Waals surface area contributed by atoms with Crippen molar-refractivity contribution in [2.75, 3.05) is 41.5 Å². The molecular formula is C43H54N4O6. The van der Waals surface area contributed by atoms with E-state index in [1.54, 1.807) is 7.11 Å². The maximum Gasteiger partial charge on any atom is 0.319 e. The predicted octanol–water partition coefficient (Wildman–Crippen LogP) is 5.89. The van der Waals surface area contributed by atoms with Crippen molar-refractivity contribution in [1.82, 2.24) is 19.8 Å². The van der Waals surface area contributed by atoms with Gasteiger partial charge in [-0.3, -0.25) is 14.5 Å². The van der Waals surface area contributed by atoms with Crippen LogP contribution in [0.15, 0.2) is 36.4 Å². The Kier molecular flexibility index (Phi) is 8.48. The van der Waals surface area contributed by atoms with Crippen LogP contribution in [0.2, 0.25) is 0 Å². The second-order valence-electron chi connectivity index (χ2n) is 16.7. The number of esters is 2. The first-order chi connectivity index (χ1) is 25.7. The van der Waals surface area contributed by atoms with E-state index >= 15 is 0 Å². The van der Waals surface area contributed by atoms with Gasteiger partial charge in [-0.25, -0.2) is 0 Å². The minimum Gasteiger partial charge on any atom is -0.496 e. The van der Waals surface area contributed by atoms with Crippen LogP contribution in [0.3, 0.4) is 0 Å². The Morgan fingerprint density at radius 2 is 1.75 bits per heavy atom. The molecule has 4 aliphatic heterocycles. The second-order valence-corrected chi connectivity index (χ2v) is 16.7. The molecule has 0 spiro atoms. The van der Waals surface area contributed by atoms with E-state index < -0.39 is 11.6 Å². The van der Waals surface area contributed by atoms with Gasteiger partial charge in [-0.2, -0.15) is 0 Å². The van der Waals surface area contributed by atoms with E-state index in [4.69, 9.17) is 14.2 Å². The molecule has 10 nitrogen and oxygen atoms in total. The van der Waals surface area contributed by atoms with Gasteiger partial charge in [0.15, 0.2) is 0 Å². The Balaban J connectivity index is 1.31. The first kappa shape index (κ1) is 34.9. The number of likely N-dealkylation sites (tertiary alicyclic amines) is 1. The molecule has 282 valence electrons. The Morgan fingerprint density at radius 3 is 2.49 bits per heavy atom. The fourth-order valence-electron chi connectivity index (χ4n) is 12.5. The molecular weight excluding hydrogens is 668 g/mol. The lowest BCUT2D eigenvalue weighted by atomic mass is 9.56. The predicted molar refractivity (Wildman–Crippen MR) is 203 cm³/mol. The number of H-pyrrole nitrogens is 2. The number of aromatic amines is 2. The fraction of sp³-hybridized carbons (Fsp3) is 0.581. The number of piperidine rings is 3. The van der Waals surface area contributed by atoms with Crippen molar-refractivity contribution in [2.45, 2.75) is 88.4 Å². The number of aromatic nitrogens is 2. The molecule has 0 radical (unpaired) electrons. The second kappa shape index (κ2) is 12.9. The van der Waals surface area contributed by atoms with Crippen LogP contribution in [-0.2, 0) is 37.3 Å². The highest BCUT2D eigenvalue weighted by Gasteiger charge is 2.65. The van der Waals surface area contributed by atoms with Crippen LogP contribution in [0, 0.1) is 29.6 Å². The standard InChI is InChI=1S/C43H54N4O6/c1-7-22-17-24-20-43(42(50)53-6)38-27(15-16-47(39(22)43)40(24)48)26-13-14-33(51-4)35(37(26)45-38)30-18-28-23(8-2)21-46(3)32(34(28)41(49)52-5)19-29-25-11-9-10-12-31(25)44-36(29)30/h9-14,22-24,28,30,32,34,39-40,44-45,48H,7-8,15-21H2,1-6H3/t22-,23-,24+,28-,30-,32-,34-,39-,40-,43+/m0/s1. The van der Waals surface area contributed by atoms with Crippen LogP contribution in [-0.4, -0.2) is 96.6 Å². The summed E-state index contributed by atoms with van der Waals surface area (Å²) in [6, 6.07) is 12.6. The van der Waals surface area contributed by atoms with Gasteiger partial charge in [0.25, 0.3) is 0 Å². The molecule has 3 saturated heterocycles. The number of benzene rings is 2. The van der Waals surface area contributed by atoms with Crippen LogP contribution in [0.5, 0.6) is 5.75 Å². The van der Waals surface area contributed by atoms with Gasteiger partial charge in [0.05, 0.1) is 32.8 Å². The zero-order valence-corrected chi connectivity index (χ0v) is 31.9. The van der Waals surface area contributed by atoms with Gasteiger partial charge in [-0.15, -0.1) is 0 Å². The zero-order valence-electron chi connectivity index (χ0n) is 31.9. The lowest BCUT2D eigenvalue weighted by molar-refractivity contribution is -0.196. The number of ether oxygens (including phenoxy) is 3. The number of fused-ring (bicyclic) bond motifs is 9. The minimum absolute atomic E-state index is 0.0137. The molecule has 2 aromatic heterocycles. The first-order valence-corrected chi connectivity index (χ1v) is 19.8. The Bertz CT molecular complexity index is 2090. The molecule has 11 atom stereocenters. The minimum atomic E-state index is -0.926. The van der Waals surface area contributed by atoms with Crippen molar-refractivity contribution in [2.24, 2.45) is 29.6 Å². The number of nitrogens with zero attached hydrogens (tertiary/aromatic N) is 2. The summed E-state index contributed by atoms with van der Waals surface area (Å²) in [5.41, 5.74) is 6.70. The summed E-state index contributed by atoms with van der Waals surface area (Å²) in [5.74, 6) is 0.665. The molecule has 10 heteroatoms. The van der Waals surface area contributed by atoms with Gasteiger partial charge in [-0.1, -0.05) is 44.9 Å². The van der Waals surface area contributed by atoms with E-state index in [0.717, 1.165) is 77.6 Å². The van der Waals surface area contributed by atoms with E-state index in [0.29, 0.717) is 25.3 Å². The molecule has 0 amide bonds. The Labute approximate surface area is 311 Å². The molecule has 1 saturated carbocycles. The average molecular weight is 723 g/mol. The Morgan fingerprint density at radius 1 is 0.962 bits per heavy atom. The summed E-state index contributed by atoms with van der Waals surface area (Å²) >= 11 is 0. The highest BCUT2D eigenvalue weighted by Crippen LogP contribution is 2.58. The van der Waals surface area contributed by atoms with Crippen LogP contribution in [0.1, 0.15) is 79.9 Å². The number of likely N-dealkylation sites (N-methyl/N-ethyl adjacent to an activating group) is 1. The topological polar surface area (TPSA) is 120 Å². The largest absolute Gasteiger partial charge is 0.496 e. The summed E-state index contributed by atoms with van der Waals surface area (Å²) in [4.78, 5) is 40.9. The molecule has 4 fully saturated rings. The van der Waals surface area contributed by atoms with Gasteiger partial charge in [0.2, 0.25) is 0 Å². The van der Waals surface area contributed by atoms with Crippen molar-refractivity contribution in [3.63, 3.8) is 0 Å². The van der Waals surface area contributed by atoms with E-state index in [1.165, 1.54) is 30.9 Å². The van der Waals surface area contributed by atoms with Gasteiger partial charge in [0.1, 0.15) is 17.4 Å². The molecule has 3 N–H and O–H groups in total. The quantitative estimate of drug-likeness (QED) is 0.211. The first-order valence-electron chi connectivity index (χ1n) is 19.8. The van der Waals surface area contributed by atoms with Gasteiger partial charge in [-0.05, 0) is 86.2 Å². The third-order valence-electron chi connectivity index (χ3n) is 14.7. The lowest BCUT2D eigenvalue weighted by Gasteiger charge is -2.59. The molecule has 53 heavy (non-hydrogen) atoms. The van der Waals surface area contributed by atoms with Crippen LogP contribution in [0.25, 0.3) is 21.8 Å². The summed E-state index contributed by atoms with van der Waals surface area (Å²) in [5, 5.41) is 13.8. The maximum atomic E-state index is 14.4. The molecule has 4 aromatic rings. The summed E-state index contributed by atoms with van der Waals surface area (Å²) < 4.78 is 17.6. The number of carbonyl (C=O) groups excluding carboxylic acids is 2. The number of hydrogen-bond acceptors (Lipinski definition) is 8. The molecule has 10 rings (SSSR count). The fourth-order valence-corrected chi connectivity index (χ4v) is 12.5. The summed E-state index contributed by atoms with van der Waals surface area (Å²) in [7, 11) is 6.94. The molecule has 6 bridgehead atoms. The van der Waals surface area contributed by atoms with Gasteiger partial charge < -0.3 is 34.2 Å². The number of carbonyl (C=O) groups is 2. The number of nitrogens with one attached hydrogen (secondary N) is 2. The summed E-state index contributed by atoms with van der Waals surface area (Å²) in [6.45, 7) is 6.04. The zero-order chi connectivity index (χ0) is 36.9. The van der Waals surface area contributed by atoms with E-state index in [9.17, 15) is 14.7 Å². The van der Waals surface area contributed by atoms with E-state index in [1.807, 2.05) is 0 Å². The normalized spacial score (nSPS) is 34.8. The number of rotatable bonds is 6. The maximum absolute atomic E-state index is 14.4. The monoisotopic (exact) mass is 722 g/mol. The van der Waals surface area contributed by atoms with E-state index in [-0.39, 0.29) is 53.6 Å². The highest BCUT2D eigenvalue weighted by molar-refractivity contribution is 5.95. The molecule has 6 aliphatic rings. The SMILES string of the molecule is CC[C@H]1CN(C)[C@H]2Cc3c([nH]c4ccccc34)[C@H](c3c(OC)ccc4c5c([nH]c34)[C@]3(C(=O)OC)C[C@H]4C[C@H](CC)[C@@H]3N(CC5)[C@H]4O)C[C@@H]1[C@@H]2C(=O)OC. The molecule has 2 aliphatic carbocycles.